The molecule has 1 aromatic heterocycles. The third kappa shape index (κ3) is 6.21. The number of rotatable bonds is 10. The normalized spacial score (nSPS) is 18.9. The van der Waals surface area contributed by atoms with Gasteiger partial charge in [-0.1, -0.05) is 24.3 Å². The number of amides is 1. The van der Waals surface area contributed by atoms with Crippen molar-refractivity contribution >= 4 is 27.1 Å². The van der Waals surface area contributed by atoms with Crippen molar-refractivity contribution in [1.29, 1.82) is 0 Å². The average molecular weight is 514 g/mol. The lowest BCUT2D eigenvalue weighted by atomic mass is 10.1. The number of benzene rings is 1. The van der Waals surface area contributed by atoms with Crippen LogP contribution < -0.4 is 10.1 Å². The highest BCUT2D eigenvalue weighted by molar-refractivity contribution is 7.94. The van der Waals surface area contributed by atoms with E-state index in [0.717, 1.165) is 31.2 Å². The molecule has 2 N–H and O–H groups in total. The summed E-state index contributed by atoms with van der Waals surface area (Å²) in [4.78, 5) is 12.7. The lowest BCUT2D eigenvalue weighted by Gasteiger charge is -2.35. The van der Waals surface area contributed by atoms with Crippen LogP contribution in [0, 0.1) is 5.92 Å². The van der Waals surface area contributed by atoms with Crippen molar-refractivity contribution in [2.75, 3.05) is 19.0 Å². The molecule has 1 atom stereocenters. The molecule has 1 aliphatic carbocycles. The number of hydrogen-bond donors (Lipinski definition) is 2. The average Bonchev–Trinajstić information content (AvgIpc) is 3.49. The molecule has 2 fully saturated rings. The smallest absolute Gasteiger partial charge is 0.279 e. The van der Waals surface area contributed by atoms with E-state index in [9.17, 15) is 27.1 Å². The molecule has 0 bridgehead atoms. The molecule has 2 aromatic rings. The Bertz CT molecular complexity index is 1170. The molecule has 1 aliphatic heterocycles. The Morgan fingerprint density at radius 2 is 2.03 bits per heavy atom. The van der Waals surface area contributed by atoms with Crippen LogP contribution in [0.3, 0.4) is 0 Å². The summed E-state index contributed by atoms with van der Waals surface area (Å²) in [6.45, 7) is 0.653. The van der Waals surface area contributed by atoms with Crippen molar-refractivity contribution in [1.82, 2.24) is 5.32 Å². The van der Waals surface area contributed by atoms with E-state index in [1.165, 1.54) is 6.08 Å². The van der Waals surface area contributed by atoms with E-state index in [1.54, 1.807) is 30.3 Å². The van der Waals surface area contributed by atoms with Gasteiger partial charge < -0.3 is 19.9 Å². The molecule has 4 rings (SSSR count). The molecule has 1 aromatic carbocycles. The molecule has 7 nitrogen and oxygen atoms in total. The third-order valence-electron chi connectivity index (χ3n) is 5.44. The van der Waals surface area contributed by atoms with E-state index in [4.69, 9.17) is 9.47 Å². The minimum Gasteiger partial charge on any atom is -0.456 e. The number of sulfone groups is 1. The summed E-state index contributed by atoms with van der Waals surface area (Å²) in [6, 6.07) is 9.05. The Hall–Kier alpha value is -2.34. The number of ether oxygens (including phenoxy) is 2. The number of halogens is 2. The van der Waals surface area contributed by atoms with E-state index in [0.29, 0.717) is 17.1 Å². The number of aliphatic hydroxyl groups is 1. The molecule has 1 amide bonds. The van der Waals surface area contributed by atoms with E-state index in [2.05, 4.69) is 5.32 Å². The predicted molar refractivity (Wildman–Crippen MR) is 123 cm³/mol. The zero-order valence-electron chi connectivity index (χ0n) is 18.4. The lowest BCUT2D eigenvalue weighted by molar-refractivity contribution is -0.163. The minimum atomic E-state index is -3.75. The van der Waals surface area contributed by atoms with Crippen molar-refractivity contribution in [3.05, 3.63) is 57.6 Å². The molecular weight excluding hydrogens is 488 g/mol. The fourth-order valence-corrected chi connectivity index (χ4v) is 5.82. The number of carbonyl (C=O) groups is 1. The molecule has 0 unspecified atom stereocenters. The van der Waals surface area contributed by atoms with Gasteiger partial charge in [-0.05, 0) is 30.9 Å². The van der Waals surface area contributed by atoms with Crippen LogP contribution in [0.5, 0.6) is 11.5 Å². The molecule has 2 aliphatic rings. The number of nitrogens with one attached hydrogen (secondary N) is 1. The fourth-order valence-electron chi connectivity index (χ4n) is 3.48. The van der Waals surface area contributed by atoms with Gasteiger partial charge in [0.25, 0.3) is 11.8 Å². The Morgan fingerprint density at radius 1 is 1.35 bits per heavy atom. The van der Waals surface area contributed by atoms with Gasteiger partial charge in [-0.15, -0.1) is 11.3 Å². The van der Waals surface area contributed by atoms with Crippen LogP contribution in [0.1, 0.15) is 34.3 Å². The van der Waals surface area contributed by atoms with Crippen molar-refractivity contribution in [3.63, 3.8) is 0 Å². The first kappa shape index (κ1) is 24.8. The van der Waals surface area contributed by atoms with Crippen LogP contribution in [-0.2, 0) is 20.5 Å². The molecule has 1 saturated carbocycles. The first-order valence-electron chi connectivity index (χ1n) is 10.7. The molecule has 1 saturated heterocycles. The number of para-hydroxylation sites is 1. The van der Waals surface area contributed by atoms with Gasteiger partial charge in [-0.25, -0.2) is 17.2 Å². The minimum absolute atomic E-state index is 0.00331. The summed E-state index contributed by atoms with van der Waals surface area (Å²) in [7, 11) is -3.75. The van der Waals surface area contributed by atoms with Gasteiger partial charge in [-0.3, -0.25) is 4.79 Å². The highest BCUT2D eigenvalue weighted by Crippen LogP contribution is 2.41. The Morgan fingerprint density at radius 3 is 2.59 bits per heavy atom. The molecule has 2 heterocycles. The Kier molecular flexibility index (Phi) is 6.83. The highest BCUT2D eigenvalue weighted by Gasteiger charge is 2.40. The van der Waals surface area contributed by atoms with Crippen molar-refractivity contribution in [3.8, 4) is 11.5 Å². The van der Waals surface area contributed by atoms with E-state index in [-0.39, 0.29) is 34.6 Å². The predicted octanol–water partition coefficient (Wildman–Crippen LogP) is 3.85. The van der Waals surface area contributed by atoms with Gasteiger partial charge in [-0.2, -0.15) is 0 Å². The monoisotopic (exact) mass is 513 g/mol. The summed E-state index contributed by atoms with van der Waals surface area (Å²) >= 11 is 0.634. The van der Waals surface area contributed by atoms with Gasteiger partial charge >= 0.3 is 0 Å². The lowest BCUT2D eigenvalue weighted by Crippen LogP contribution is -2.54. The van der Waals surface area contributed by atoms with Gasteiger partial charge in [0.1, 0.15) is 16.2 Å². The second kappa shape index (κ2) is 9.37. The van der Waals surface area contributed by atoms with Crippen molar-refractivity contribution in [2.45, 2.75) is 37.3 Å². The number of thiophene rings is 1. The maximum Gasteiger partial charge on any atom is 0.279 e. The van der Waals surface area contributed by atoms with Crippen LogP contribution in [-0.4, -0.2) is 50.0 Å². The Labute approximate surface area is 200 Å². The molecule has 0 spiro atoms. The summed E-state index contributed by atoms with van der Waals surface area (Å²) < 4.78 is 63.4. The molecule has 34 heavy (non-hydrogen) atoms. The number of carbonyl (C=O) groups excluding carboxylic acids is 1. The van der Waals surface area contributed by atoms with Crippen LogP contribution in [0.15, 0.2) is 47.9 Å². The summed E-state index contributed by atoms with van der Waals surface area (Å²) in [5.41, 5.74) is -1.40. The fraction of sp³-hybridized carbons (Fsp3) is 0.435. The van der Waals surface area contributed by atoms with Gasteiger partial charge in [0.2, 0.25) is 0 Å². The van der Waals surface area contributed by atoms with Crippen molar-refractivity contribution in [2.24, 2.45) is 5.92 Å². The number of alkyl halides is 2. The zero-order chi connectivity index (χ0) is 24.6. The molecule has 184 valence electrons. The standard InChI is InChI=1S/C23H25F2NO6S2/c1-22(24,25)19-11-18(32-16-5-3-2-4-6-16)20(33-19)21(27)26-17(15-7-8-15)9-10-34(29,30)14-23(28)12-31-13-23/h2-6,9-11,15,17,28H,7-8,12-14H2,1H3,(H,26,27)/b10-9+/t17-/m1/s1. The highest BCUT2D eigenvalue weighted by atomic mass is 32.2. The van der Waals surface area contributed by atoms with Crippen LogP contribution in [0.2, 0.25) is 0 Å². The second-order valence-electron chi connectivity index (χ2n) is 8.80. The molecule has 11 heteroatoms. The molecular formula is C23H25F2NO6S2. The SMILES string of the molecule is CC(F)(F)c1cc(Oc2ccccc2)c(C(=O)N[C@H](/C=C/S(=O)(=O)CC2(O)COC2)C2CC2)s1. The molecule has 0 radical (unpaired) electrons. The topological polar surface area (TPSA) is 102 Å². The summed E-state index contributed by atoms with van der Waals surface area (Å²) in [6.07, 6.45) is 2.97. The van der Waals surface area contributed by atoms with Crippen LogP contribution >= 0.6 is 11.3 Å². The summed E-state index contributed by atoms with van der Waals surface area (Å²) in [5.74, 6) is -3.83. The largest absolute Gasteiger partial charge is 0.456 e. The van der Waals surface area contributed by atoms with Crippen LogP contribution in [0.4, 0.5) is 8.78 Å². The second-order valence-corrected chi connectivity index (χ2v) is 11.7. The third-order valence-corrected chi connectivity index (χ3v) is 8.24. The van der Waals surface area contributed by atoms with E-state index < -0.39 is 39.1 Å². The van der Waals surface area contributed by atoms with Gasteiger partial charge in [0, 0.05) is 18.4 Å². The van der Waals surface area contributed by atoms with Gasteiger partial charge in [0.05, 0.1) is 29.9 Å². The summed E-state index contributed by atoms with van der Waals surface area (Å²) in [5, 5.41) is 13.8. The first-order valence-corrected chi connectivity index (χ1v) is 13.2. The zero-order valence-corrected chi connectivity index (χ0v) is 20.0. The quantitative estimate of drug-likeness (QED) is 0.501. The Balaban J connectivity index is 1.53. The van der Waals surface area contributed by atoms with Crippen molar-refractivity contribution < 1.29 is 36.6 Å². The van der Waals surface area contributed by atoms with Crippen LogP contribution in [0.25, 0.3) is 0 Å². The number of hydrogen-bond acceptors (Lipinski definition) is 7. The van der Waals surface area contributed by atoms with Gasteiger partial charge in [0.15, 0.2) is 15.6 Å². The first-order chi connectivity index (χ1) is 15.9. The van der Waals surface area contributed by atoms with E-state index in [1.807, 2.05) is 0 Å². The maximum absolute atomic E-state index is 14.0. The van der Waals surface area contributed by atoms with E-state index >= 15 is 0 Å². The maximum atomic E-state index is 14.0.